The Labute approximate surface area is 119 Å². The molecule has 0 bridgehead atoms. The molecule has 114 valence electrons. The second-order valence-corrected chi connectivity index (χ2v) is 4.15. The van der Waals surface area contributed by atoms with E-state index in [9.17, 15) is 13.2 Å². The first-order chi connectivity index (χ1) is 9.97. The molecule has 1 N–H and O–H groups in total. The number of hydrogen-bond acceptors (Lipinski definition) is 5. The highest BCUT2D eigenvalue weighted by atomic mass is 19.4. The van der Waals surface area contributed by atoms with Crippen LogP contribution in [-0.2, 0) is 6.18 Å². The summed E-state index contributed by atoms with van der Waals surface area (Å²) in [5.41, 5.74) is -0.994. The molecule has 0 atom stereocenters. The second kappa shape index (κ2) is 5.98. The number of nitrogens with zero attached hydrogens (tertiary/aromatic N) is 4. The zero-order chi connectivity index (χ0) is 15.5. The van der Waals surface area contributed by atoms with Gasteiger partial charge in [-0.05, 0) is 12.5 Å². The SMILES string of the molecule is CCCNc1ncnc(-n2ccc(C(F)(F)F)n2)c1OC. The number of hydrogen-bond donors (Lipinski definition) is 1. The summed E-state index contributed by atoms with van der Waals surface area (Å²) in [6.07, 6.45) is -1.22. The smallest absolute Gasteiger partial charge is 0.435 e. The maximum atomic E-state index is 12.6. The van der Waals surface area contributed by atoms with Crippen LogP contribution in [0.5, 0.6) is 5.75 Å². The van der Waals surface area contributed by atoms with Gasteiger partial charge in [-0.25, -0.2) is 14.6 Å². The topological polar surface area (TPSA) is 64.9 Å². The van der Waals surface area contributed by atoms with E-state index in [1.165, 1.54) is 19.6 Å². The van der Waals surface area contributed by atoms with Crippen LogP contribution in [0.4, 0.5) is 19.0 Å². The van der Waals surface area contributed by atoms with E-state index >= 15 is 0 Å². The average Bonchev–Trinajstić information content (AvgIpc) is 2.94. The number of ether oxygens (including phenoxy) is 1. The summed E-state index contributed by atoms with van der Waals surface area (Å²) < 4.78 is 44.0. The molecule has 0 aliphatic heterocycles. The number of anilines is 1. The number of rotatable bonds is 5. The van der Waals surface area contributed by atoms with Gasteiger partial charge in [0.15, 0.2) is 11.5 Å². The van der Waals surface area contributed by atoms with E-state index in [0.29, 0.717) is 12.4 Å². The summed E-state index contributed by atoms with van der Waals surface area (Å²) in [5, 5.41) is 6.50. The average molecular weight is 301 g/mol. The van der Waals surface area contributed by atoms with Crippen molar-refractivity contribution in [2.24, 2.45) is 0 Å². The van der Waals surface area contributed by atoms with Gasteiger partial charge in [-0.3, -0.25) is 0 Å². The van der Waals surface area contributed by atoms with E-state index < -0.39 is 11.9 Å². The Balaban J connectivity index is 2.41. The molecule has 0 fully saturated rings. The van der Waals surface area contributed by atoms with Crippen LogP contribution >= 0.6 is 0 Å². The molecule has 0 aliphatic carbocycles. The minimum atomic E-state index is -4.51. The van der Waals surface area contributed by atoms with Gasteiger partial charge in [-0.2, -0.15) is 18.3 Å². The van der Waals surface area contributed by atoms with E-state index in [1.54, 1.807) is 0 Å². The third-order valence-corrected chi connectivity index (χ3v) is 2.63. The summed E-state index contributed by atoms with van der Waals surface area (Å²) >= 11 is 0. The number of nitrogens with one attached hydrogen (secondary N) is 1. The summed E-state index contributed by atoms with van der Waals surface area (Å²) in [6.45, 7) is 2.63. The van der Waals surface area contributed by atoms with Crippen LogP contribution in [0.1, 0.15) is 19.0 Å². The van der Waals surface area contributed by atoms with Gasteiger partial charge in [0, 0.05) is 12.7 Å². The lowest BCUT2D eigenvalue weighted by Crippen LogP contribution is -2.11. The highest BCUT2D eigenvalue weighted by Gasteiger charge is 2.34. The molecular formula is C12H14F3N5O. The van der Waals surface area contributed by atoms with Crippen LogP contribution in [0.15, 0.2) is 18.6 Å². The van der Waals surface area contributed by atoms with Gasteiger partial charge in [0.2, 0.25) is 11.6 Å². The Bertz CT molecular complexity index is 611. The molecule has 2 aromatic rings. The van der Waals surface area contributed by atoms with Gasteiger partial charge in [-0.1, -0.05) is 6.92 Å². The van der Waals surface area contributed by atoms with Crippen molar-refractivity contribution < 1.29 is 17.9 Å². The second-order valence-electron chi connectivity index (χ2n) is 4.15. The van der Waals surface area contributed by atoms with E-state index in [2.05, 4.69) is 20.4 Å². The van der Waals surface area contributed by atoms with Crippen molar-refractivity contribution in [2.45, 2.75) is 19.5 Å². The highest BCUT2D eigenvalue weighted by molar-refractivity contribution is 5.57. The largest absolute Gasteiger partial charge is 0.490 e. The number of aromatic nitrogens is 4. The minimum Gasteiger partial charge on any atom is -0.490 e. The summed E-state index contributed by atoms with van der Waals surface area (Å²) in [7, 11) is 1.40. The summed E-state index contributed by atoms with van der Waals surface area (Å²) in [6, 6.07) is 0.876. The Kier molecular flexibility index (Phi) is 4.29. The molecule has 6 nitrogen and oxygen atoms in total. The highest BCUT2D eigenvalue weighted by Crippen LogP contribution is 2.30. The van der Waals surface area contributed by atoms with Crippen LogP contribution in [0.25, 0.3) is 5.82 Å². The van der Waals surface area contributed by atoms with Crippen LogP contribution in [0.3, 0.4) is 0 Å². The monoisotopic (exact) mass is 301 g/mol. The fraction of sp³-hybridized carbons (Fsp3) is 0.417. The molecule has 2 aromatic heterocycles. The van der Waals surface area contributed by atoms with Crippen molar-refractivity contribution in [3.8, 4) is 11.6 Å². The summed E-state index contributed by atoms with van der Waals surface area (Å²) in [5.74, 6) is 0.790. The molecule has 0 saturated heterocycles. The van der Waals surface area contributed by atoms with E-state index in [4.69, 9.17) is 4.74 Å². The van der Waals surface area contributed by atoms with Crippen molar-refractivity contribution >= 4 is 5.82 Å². The number of halogens is 3. The van der Waals surface area contributed by atoms with Crippen molar-refractivity contribution in [1.82, 2.24) is 19.7 Å². The van der Waals surface area contributed by atoms with Crippen LogP contribution in [0, 0.1) is 0 Å². The Morgan fingerprint density at radius 3 is 2.67 bits per heavy atom. The van der Waals surface area contributed by atoms with Gasteiger partial charge in [0.05, 0.1) is 7.11 Å². The van der Waals surface area contributed by atoms with E-state index in [1.807, 2.05) is 6.92 Å². The quantitative estimate of drug-likeness (QED) is 0.919. The molecule has 21 heavy (non-hydrogen) atoms. The van der Waals surface area contributed by atoms with E-state index in [0.717, 1.165) is 17.2 Å². The van der Waals surface area contributed by atoms with Crippen molar-refractivity contribution in [2.75, 3.05) is 19.0 Å². The molecule has 0 saturated carbocycles. The van der Waals surface area contributed by atoms with Crippen LogP contribution in [0.2, 0.25) is 0 Å². The molecule has 0 spiro atoms. The predicted molar refractivity (Wildman–Crippen MR) is 69.5 cm³/mol. The fourth-order valence-corrected chi connectivity index (χ4v) is 1.68. The maximum Gasteiger partial charge on any atom is 0.435 e. The molecule has 0 unspecified atom stereocenters. The molecule has 0 aromatic carbocycles. The zero-order valence-electron chi connectivity index (χ0n) is 11.5. The molecular weight excluding hydrogens is 287 g/mol. The van der Waals surface area contributed by atoms with Gasteiger partial charge < -0.3 is 10.1 Å². The van der Waals surface area contributed by atoms with Crippen LogP contribution in [-0.4, -0.2) is 33.4 Å². The lowest BCUT2D eigenvalue weighted by Gasteiger charge is -2.12. The fourth-order valence-electron chi connectivity index (χ4n) is 1.68. The van der Waals surface area contributed by atoms with Gasteiger partial charge in [0.25, 0.3) is 0 Å². The lowest BCUT2D eigenvalue weighted by atomic mass is 10.4. The Morgan fingerprint density at radius 1 is 1.33 bits per heavy atom. The van der Waals surface area contributed by atoms with Gasteiger partial charge in [-0.15, -0.1) is 0 Å². The zero-order valence-corrected chi connectivity index (χ0v) is 11.5. The van der Waals surface area contributed by atoms with Crippen molar-refractivity contribution in [3.05, 3.63) is 24.3 Å². The first kappa shape index (κ1) is 15.1. The lowest BCUT2D eigenvalue weighted by molar-refractivity contribution is -0.141. The predicted octanol–water partition coefficient (Wildman–Crippen LogP) is 2.51. The van der Waals surface area contributed by atoms with Crippen LogP contribution < -0.4 is 10.1 Å². The third-order valence-electron chi connectivity index (χ3n) is 2.63. The number of methoxy groups -OCH3 is 1. The molecule has 0 aliphatic rings. The minimum absolute atomic E-state index is 0.140. The van der Waals surface area contributed by atoms with Gasteiger partial charge >= 0.3 is 6.18 Å². The molecule has 9 heteroatoms. The standard InChI is InChI=1S/C12H14F3N5O/c1-3-5-16-10-9(21-2)11(18-7-17-10)20-6-4-8(19-20)12(13,14)15/h4,6-7H,3,5H2,1-2H3,(H,16,17,18). The molecule has 0 amide bonds. The molecule has 2 heterocycles. The van der Waals surface area contributed by atoms with E-state index in [-0.39, 0.29) is 11.6 Å². The summed E-state index contributed by atoms with van der Waals surface area (Å²) in [4.78, 5) is 7.96. The molecule has 2 rings (SSSR count). The van der Waals surface area contributed by atoms with Gasteiger partial charge in [0.1, 0.15) is 6.33 Å². The molecule has 0 radical (unpaired) electrons. The maximum absolute atomic E-state index is 12.6. The van der Waals surface area contributed by atoms with Crippen molar-refractivity contribution in [3.63, 3.8) is 0 Å². The first-order valence-electron chi connectivity index (χ1n) is 6.23. The first-order valence-corrected chi connectivity index (χ1v) is 6.23. The Morgan fingerprint density at radius 2 is 2.10 bits per heavy atom. The van der Waals surface area contributed by atoms with Crippen molar-refractivity contribution in [1.29, 1.82) is 0 Å². The third kappa shape index (κ3) is 3.23. The Hall–Kier alpha value is -2.32. The number of alkyl halides is 3. The normalized spacial score (nSPS) is 11.5.